The Kier molecular flexibility index (Phi) is 5.20. The van der Waals surface area contributed by atoms with Crippen molar-refractivity contribution >= 4 is 27.4 Å². The van der Waals surface area contributed by atoms with Gasteiger partial charge in [-0.2, -0.15) is 5.10 Å². The summed E-state index contributed by atoms with van der Waals surface area (Å²) >= 11 is 0. The van der Waals surface area contributed by atoms with E-state index in [2.05, 4.69) is 25.8 Å². The van der Waals surface area contributed by atoms with Gasteiger partial charge in [-0.3, -0.25) is 10.1 Å². The second kappa shape index (κ2) is 7.66. The van der Waals surface area contributed by atoms with E-state index < -0.39 is 9.84 Å². The third-order valence-electron chi connectivity index (χ3n) is 5.26. The van der Waals surface area contributed by atoms with Gasteiger partial charge in [0.25, 0.3) is 0 Å². The Labute approximate surface area is 169 Å². The molecule has 2 aliphatic rings. The van der Waals surface area contributed by atoms with Gasteiger partial charge in [-0.15, -0.1) is 0 Å². The maximum Gasteiger partial charge on any atom is 0.407 e. The molecular weight excluding hydrogens is 394 g/mol. The van der Waals surface area contributed by atoms with E-state index in [1.54, 1.807) is 12.3 Å². The summed E-state index contributed by atoms with van der Waals surface area (Å²) in [5, 5.41) is 13.2. The van der Waals surface area contributed by atoms with Crippen molar-refractivity contribution in [3.8, 4) is 0 Å². The van der Waals surface area contributed by atoms with Crippen LogP contribution in [0.5, 0.6) is 0 Å². The number of rotatable bonds is 5. The number of aromatic nitrogens is 3. The molecular formula is C19H25N5O4S. The fourth-order valence-corrected chi connectivity index (χ4v) is 5.58. The van der Waals surface area contributed by atoms with E-state index in [1.165, 1.54) is 0 Å². The quantitative estimate of drug-likeness (QED) is 0.680. The minimum Gasteiger partial charge on any atom is -0.446 e. The summed E-state index contributed by atoms with van der Waals surface area (Å²) in [5.41, 5.74) is 2.04. The van der Waals surface area contributed by atoms with Crippen LogP contribution in [0, 0.1) is 0 Å². The number of ether oxygens (including phenoxy) is 1. The van der Waals surface area contributed by atoms with Crippen molar-refractivity contribution < 1.29 is 17.9 Å². The van der Waals surface area contributed by atoms with Gasteiger partial charge in [0, 0.05) is 36.3 Å². The largest absolute Gasteiger partial charge is 0.446 e. The molecule has 10 heteroatoms. The van der Waals surface area contributed by atoms with Crippen molar-refractivity contribution in [3.05, 3.63) is 29.7 Å². The number of hydrogen-bond donors (Lipinski definition) is 3. The molecule has 2 aromatic rings. The highest BCUT2D eigenvalue weighted by Crippen LogP contribution is 2.37. The van der Waals surface area contributed by atoms with Gasteiger partial charge in [0.2, 0.25) is 0 Å². The topological polar surface area (TPSA) is 126 Å². The molecule has 1 amide bonds. The molecule has 4 rings (SSSR count). The Morgan fingerprint density at radius 3 is 2.97 bits per heavy atom. The van der Waals surface area contributed by atoms with E-state index in [9.17, 15) is 13.2 Å². The summed E-state index contributed by atoms with van der Waals surface area (Å²) in [7, 11) is -3.31. The fraction of sp³-hybridized carbons (Fsp3) is 0.526. The van der Waals surface area contributed by atoms with Crippen LogP contribution in [0.4, 0.5) is 16.3 Å². The standard InChI is InChI=1S/C19H25N5O4S/c1-11(2)21-19(25)28-13-4-3-12(9-13)16-10-17(24-23-16)22-15-5-7-20-14-6-8-29(26,27)18(14)15/h5,7,10-13H,3-4,6,8-9H2,1-2H3,(H,21,25)(H2,20,22,23,24)/t12-,13+/m0/s1. The Bertz CT molecular complexity index is 1020. The summed E-state index contributed by atoms with van der Waals surface area (Å²) in [6.07, 6.45) is 3.96. The minimum absolute atomic E-state index is 0.0411. The first kappa shape index (κ1) is 19.7. The molecule has 0 aromatic carbocycles. The van der Waals surface area contributed by atoms with Gasteiger partial charge in [0.1, 0.15) is 11.0 Å². The van der Waals surface area contributed by atoms with Crippen LogP contribution in [0.25, 0.3) is 0 Å². The lowest BCUT2D eigenvalue weighted by Crippen LogP contribution is -2.33. The van der Waals surface area contributed by atoms with Crippen LogP contribution in [0.3, 0.4) is 0 Å². The van der Waals surface area contributed by atoms with Gasteiger partial charge in [-0.05, 0) is 39.2 Å². The van der Waals surface area contributed by atoms with Gasteiger partial charge in [-0.25, -0.2) is 13.2 Å². The Hall–Kier alpha value is -2.62. The maximum absolute atomic E-state index is 12.3. The van der Waals surface area contributed by atoms with Crippen molar-refractivity contribution in [2.24, 2.45) is 0 Å². The highest BCUT2D eigenvalue weighted by molar-refractivity contribution is 7.91. The minimum atomic E-state index is -3.31. The molecule has 0 bridgehead atoms. The molecule has 0 unspecified atom stereocenters. The third kappa shape index (κ3) is 4.21. The predicted octanol–water partition coefficient (Wildman–Crippen LogP) is 2.65. The molecule has 156 valence electrons. The number of nitrogens with zero attached hydrogens (tertiary/aromatic N) is 2. The summed E-state index contributed by atoms with van der Waals surface area (Å²) in [6.45, 7) is 3.78. The van der Waals surface area contributed by atoms with E-state index in [4.69, 9.17) is 4.74 Å². The molecule has 2 aromatic heterocycles. The van der Waals surface area contributed by atoms with Crippen LogP contribution in [0.15, 0.2) is 23.2 Å². The lowest BCUT2D eigenvalue weighted by molar-refractivity contribution is 0.0981. The Morgan fingerprint density at radius 1 is 1.34 bits per heavy atom. The first-order chi connectivity index (χ1) is 13.8. The molecule has 2 atom stereocenters. The number of carbonyl (C=O) groups excluding carboxylic acids is 1. The number of anilines is 2. The zero-order chi connectivity index (χ0) is 20.6. The van der Waals surface area contributed by atoms with E-state index in [0.29, 0.717) is 23.6 Å². The molecule has 1 saturated carbocycles. The van der Waals surface area contributed by atoms with Crippen LogP contribution >= 0.6 is 0 Å². The highest BCUT2D eigenvalue weighted by Gasteiger charge is 2.32. The molecule has 0 radical (unpaired) electrons. The Morgan fingerprint density at radius 2 is 2.17 bits per heavy atom. The molecule has 3 N–H and O–H groups in total. The number of nitrogens with one attached hydrogen (secondary N) is 3. The van der Waals surface area contributed by atoms with Crippen molar-refractivity contribution in [1.82, 2.24) is 20.5 Å². The molecule has 1 aliphatic carbocycles. The predicted molar refractivity (Wildman–Crippen MR) is 107 cm³/mol. The van der Waals surface area contributed by atoms with Crippen molar-refractivity contribution in [2.75, 3.05) is 11.1 Å². The Balaban J connectivity index is 1.42. The van der Waals surface area contributed by atoms with Crippen LogP contribution in [0.1, 0.15) is 50.4 Å². The number of amides is 1. The van der Waals surface area contributed by atoms with Gasteiger partial charge in [-0.1, -0.05) is 0 Å². The summed E-state index contributed by atoms with van der Waals surface area (Å²) in [5.74, 6) is 0.854. The maximum atomic E-state index is 12.3. The first-order valence-corrected chi connectivity index (χ1v) is 11.5. The second-order valence-corrected chi connectivity index (χ2v) is 9.92. The second-order valence-electron chi connectivity index (χ2n) is 7.87. The first-order valence-electron chi connectivity index (χ1n) is 9.82. The lowest BCUT2D eigenvalue weighted by atomic mass is 10.0. The summed E-state index contributed by atoms with van der Waals surface area (Å²) < 4.78 is 30.1. The number of carbonyl (C=O) groups is 1. The van der Waals surface area contributed by atoms with Gasteiger partial charge < -0.3 is 15.4 Å². The number of pyridine rings is 1. The zero-order valence-electron chi connectivity index (χ0n) is 16.4. The number of H-pyrrole nitrogens is 1. The van der Waals surface area contributed by atoms with Crippen molar-refractivity contribution in [2.45, 2.75) is 62.5 Å². The molecule has 0 saturated heterocycles. The van der Waals surface area contributed by atoms with Crippen LogP contribution in [-0.2, 0) is 21.0 Å². The van der Waals surface area contributed by atoms with Crippen LogP contribution < -0.4 is 10.6 Å². The summed E-state index contributed by atoms with van der Waals surface area (Å²) in [6, 6.07) is 3.58. The molecule has 1 fully saturated rings. The average molecular weight is 420 g/mol. The molecule has 0 spiro atoms. The van der Waals surface area contributed by atoms with Gasteiger partial charge in [0.15, 0.2) is 15.7 Å². The smallest absolute Gasteiger partial charge is 0.407 e. The lowest BCUT2D eigenvalue weighted by Gasteiger charge is -2.14. The number of aromatic amines is 1. The van der Waals surface area contributed by atoms with E-state index >= 15 is 0 Å². The third-order valence-corrected chi connectivity index (χ3v) is 7.08. The van der Waals surface area contributed by atoms with Crippen molar-refractivity contribution in [3.63, 3.8) is 0 Å². The number of aryl methyl sites for hydroxylation is 1. The zero-order valence-corrected chi connectivity index (χ0v) is 17.3. The fourth-order valence-electron chi connectivity index (χ4n) is 3.95. The highest BCUT2D eigenvalue weighted by atomic mass is 32.2. The molecule has 29 heavy (non-hydrogen) atoms. The molecule has 1 aliphatic heterocycles. The van der Waals surface area contributed by atoms with E-state index in [0.717, 1.165) is 25.0 Å². The molecule has 9 nitrogen and oxygen atoms in total. The van der Waals surface area contributed by atoms with E-state index in [1.807, 2.05) is 19.9 Å². The monoisotopic (exact) mass is 419 g/mol. The van der Waals surface area contributed by atoms with Gasteiger partial charge in [0.05, 0.1) is 17.1 Å². The number of fused-ring (bicyclic) bond motifs is 1. The van der Waals surface area contributed by atoms with Crippen LogP contribution in [-0.4, -0.2) is 47.6 Å². The van der Waals surface area contributed by atoms with Gasteiger partial charge >= 0.3 is 6.09 Å². The number of alkyl carbamates (subject to hydrolysis) is 1. The average Bonchev–Trinajstić information content (AvgIpc) is 3.34. The number of sulfone groups is 1. The SMILES string of the molecule is CC(C)NC(=O)O[C@@H]1CC[C@H](c2cc(Nc3ccnc4c3S(=O)(=O)CC4)n[nH]2)C1. The van der Waals surface area contributed by atoms with Crippen molar-refractivity contribution in [1.29, 1.82) is 0 Å². The van der Waals surface area contributed by atoms with Crippen LogP contribution in [0.2, 0.25) is 0 Å². The normalized spacial score (nSPS) is 22.4. The number of hydrogen-bond acceptors (Lipinski definition) is 7. The molecule has 3 heterocycles. The summed E-state index contributed by atoms with van der Waals surface area (Å²) in [4.78, 5) is 16.2. The van der Waals surface area contributed by atoms with E-state index in [-0.39, 0.29) is 34.8 Å².